The Morgan fingerprint density at radius 2 is 1.83 bits per heavy atom. The van der Waals surface area contributed by atoms with Gasteiger partial charge < -0.3 is 10.6 Å². The molecule has 1 aliphatic rings. The molecule has 0 spiro atoms. The highest BCUT2D eigenvalue weighted by atomic mass is 19.1. The zero-order chi connectivity index (χ0) is 21.9. The lowest BCUT2D eigenvalue weighted by Gasteiger charge is -2.22. The van der Waals surface area contributed by atoms with Crippen LogP contribution in [-0.4, -0.2) is 29.3 Å². The predicted molar refractivity (Wildman–Crippen MR) is 108 cm³/mol. The van der Waals surface area contributed by atoms with Crippen molar-refractivity contribution in [3.05, 3.63) is 65.2 Å². The first-order chi connectivity index (χ1) is 14.2. The van der Waals surface area contributed by atoms with Crippen LogP contribution in [0.15, 0.2) is 42.5 Å². The number of rotatable bonds is 7. The molecule has 1 atom stereocenters. The summed E-state index contributed by atoms with van der Waals surface area (Å²) in [4.78, 5) is 38.2. The van der Waals surface area contributed by atoms with Crippen LogP contribution in [0.4, 0.5) is 19.3 Å². The van der Waals surface area contributed by atoms with E-state index in [2.05, 4.69) is 17.6 Å². The van der Waals surface area contributed by atoms with Crippen LogP contribution in [-0.2, 0) is 21.5 Å². The molecule has 0 radical (unpaired) electrons. The molecule has 1 fully saturated rings. The first kappa shape index (κ1) is 21.4. The van der Waals surface area contributed by atoms with Gasteiger partial charge in [-0.15, -0.1) is 0 Å². The van der Waals surface area contributed by atoms with Gasteiger partial charge in [-0.25, -0.2) is 13.6 Å². The van der Waals surface area contributed by atoms with E-state index in [0.29, 0.717) is 10.6 Å². The largest absolute Gasteiger partial charge is 0.325 e. The van der Waals surface area contributed by atoms with Crippen molar-refractivity contribution < 1.29 is 23.2 Å². The minimum Gasteiger partial charge on any atom is -0.325 e. The number of carbonyl (C=O) groups is 3. The van der Waals surface area contributed by atoms with Gasteiger partial charge >= 0.3 is 6.03 Å². The zero-order valence-corrected chi connectivity index (χ0v) is 16.8. The van der Waals surface area contributed by atoms with E-state index in [4.69, 9.17) is 0 Å². The fraction of sp³-hybridized carbons (Fsp3) is 0.318. The Morgan fingerprint density at radius 1 is 1.13 bits per heavy atom. The number of halogens is 2. The standard InChI is InChI=1S/C22H23F2N3O3/c1-3-4-5-14-6-9-16(10-7-14)25-19(28)13-27-20(29)22(2,26-21(27)30)17-12-15(23)8-11-18(17)24/h6-12H,3-5,13H2,1-2H3,(H,25,28)(H,26,30)/t22-/m1/s1. The molecule has 2 aromatic rings. The van der Waals surface area contributed by atoms with E-state index < -0.39 is 41.6 Å². The van der Waals surface area contributed by atoms with Crippen molar-refractivity contribution in [2.24, 2.45) is 0 Å². The van der Waals surface area contributed by atoms with Gasteiger partial charge in [0.05, 0.1) is 0 Å². The number of amides is 4. The minimum absolute atomic E-state index is 0.300. The first-order valence-electron chi connectivity index (χ1n) is 9.73. The molecule has 158 valence electrons. The van der Waals surface area contributed by atoms with Crippen molar-refractivity contribution in [2.75, 3.05) is 11.9 Å². The van der Waals surface area contributed by atoms with Crippen molar-refractivity contribution >= 4 is 23.5 Å². The highest BCUT2D eigenvalue weighted by Crippen LogP contribution is 2.31. The van der Waals surface area contributed by atoms with Crippen LogP contribution >= 0.6 is 0 Å². The number of aryl methyl sites for hydroxylation is 1. The molecule has 3 rings (SSSR count). The van der Waals surface area contributed by atoms with Crippen LogP contribution in [0.5, 0.6) is 0 Å². The van der Waals surface area contributed by atoms with E-state index in [1.165, 1.54) is 6.92 Å². The smallest absolute Gasteiger partial charge is 0.325 e. The quantitative estimate of drug-likeness (QED) is 0.677. The molecule has 0 saturated carbocycles. The molecule has 6 nitrogen and oxygen atoms in total. The molecule has 0 bridgehead atoms. The van der Waals surface area contributed by atoms with Crippen LogP contribution < -0.4 is 10.6 Å². The number of nitrogens with one attached hydrogen (secondary N) is 2. The second-order valence-electron chi connectivity index (χ2n) is 7.42. The summed E-state index contributed by atoms with van der Waals surface area (Å²) in [6, 6.07) is 9.12. The number of imide groups is 1. The van der Waals surface area contributed by atoms with Gasteiger partial charge in [0.25, 0.3) is 5.91 Å². The molecule has 2 N–H and O–H groups in total. The van der Waals surface area contributed by atoms with Gasteiger partial charge in [-0.3, -0.25) is 14.5 Å². The monoisotopic (exact) mass is 415 g/mol. The average Bonchev–Trinajstić information content (AvgIpc) is 2.93. The molecule has 30 heavy (non-hydrogen) atoms. The van der Waals surface area contributed by atoms with Gasteiger partial charge in [-0.05, 0) is 55.7 Å². The summed E-state index contributed by atoms with van der Waals surface area (Å²) in [5, 5.41) is 5.00. The highest BCUT2D eigenvalue weighted by Gasteiger charge is 2.50. The van der Waals surface area contributed by atoms with E-state index in [-0.39, 0.29) is 5.56 Å². The number of anilines is 1. The van der Waals surface area contributed by atoms with Crippen LogP contribution in [0.1, 0.15) is 37.8 Å². The van der Waals surface area contributed by atoms with Gasteiger partial charge in [0.2, 0.25) is 5.91 Å². The Balaban J connectivity index is 1.69. The van der Waals surface area contributed by atoms with Gasteiger partial charge in [-0.1, -0.05) is 25.5 Å². The maximum atomic E-state index is 14.2. The third kappa shape index (κ3) is 4.32. The van der Waals surface area contributed by atoms with E-state index in [9.17, 15) is 23.2 Å². The Labute approximate surface area is 173 Å². The Kier molecular flexibility index (Phi) is 6.14. The topological polar surface area (TPSA) is 78.5 Å². The van der Waals surface area contributed by atoms with Crippen molar-refractivity contribution in [3.8, 4) is 0 Å². The number of hydrogen-bond acceptors (Lipinski definition) is 3. The second-order valence-corrected chi connectivity index (χ2v) is 7.42. The van der Waals surface area contributed by atoms with Crippen LogP contribution in [0, 0.1) is 11.6 Å². The number of urea groups is 1. The van der Waals surface area contributed by atoms with Crippen molar-refractivity contribution in [3.63, 3.8) is 0 Å². The number of benzene rings is 2. The lowest BCUT2D eigenvalue weighted by Crippen LogP contribution is -2.42. The zero-order valence-electron chi connectivity index (χ0n) is 16.8. The summed E-state index contributed by atoms with van der Waals surface area (Å²) in [5.74, 6) is -2.99. The summed E-state index contributed by atoms with van der Waals surface area (Å²) in [6.45, 7) is 2.84. The average molecular weight is 415 g/mol. The van der Waals surface area contributed by atoms with Gasteiger partial charge in [-0.2, -0.15) is 0 Å². The number of unbranched alkanes of at least 4 members (excludes halogenated alkanes) is 1. The number of hydrogen-bond donors (Lipinski definition) is 2. The highest BCUT2D eigenvalue weighted by molar-refractivity contribution is 6.10. The molecule has 2 aromatic carbocycles. The molecule has 8 heteroatoms. The van der Waals surface area contributed by atoms with E-state index in [0.717, 1.165) is 43.0 Å². The third-order valence-electron chi connectivity index (χ3n) is 5.10. The second kappa shape index (κ2) is 8.61. The molecule has 0 aliphatic carbocycles. The maximum absolute atomic E-state index is 14.2. The number of carbonyl (C=O) groups excluding carboxylic acids is 3. The van der Waals surface area contributed by atoms with Crippen molar-refractivity contribution in [2.45, 2.75) is 38.6 Å². The molecule has 4 amide bonds. The molecule has 0 unspecified atom stereocenters. The van der Waals surface area contributed by atoms with E-state index in [1.54, 1.807) is 12.1 Å². The Hall–Kier alpha value is -3.29. The Morgan fingerprint density at radius 3 is 2.50 bits per heavy atom. The molecular formula is C22H23F2N3O3. The molecule has 0 aromatic heterocycles. The molecular weight excluding hydrogens is 392 g/mol. The first-order valence-corrected chi connectivity index (χ1v) is 9.73. The molecule has 1 aliphatic heterocycles. The predicted octanol–water partition coefficient (Wildman–Crippen LogP) is 3.71. The molecule has 1 heterocycles. The summed E-state index contributed by atoms with van der Waals surface area (Å²) >= 11 is 0. The fourth-order valence-corrected chi connectivity index (χ4v) is 3.38. The van der Waals surface area contributed by atoms with Crippen LogP contribution in [0.2, 0.25) is 0 Å². The minimum atomic E-state index is -1.80. The van der Waals surface area contributed by atoms with E-state index >= 15 is 0 Å². The Bertz CT molecular complexity index is 978. The van der Waals surface area contributed by atoms with Crippen LogP contribution in [0.3, 0.4) is 0 Å². The molecule has 1 saturated heterocycles. The van der Waals surface area contributed by atoms with Gasteiger partial charge in [0.15, 0.2) is 0 Å². The normalized spacial score (nSPS) is 18.5. The fourth-order valence-electron chi connectivity index (χ4n) is 3.38. The van der Waals surface area contributed by atoms with Crippen molar-refractivity contribution in [1.29, 1.82) is 0 Å². The third-order valence-corrected chi connectivity index (χ3v) is 5.10. The lowest BCUT2D eigenvalue weighted by atomic mass is 9.91. The SMILES string of the molecule is CCCCc1ccc(NC(=O)CN2C(=O)N[C@](C)(c3cc(F)ccc3F)C2=O)cc1. The summed E-state index contributed by atoms with van der Waals surface area (Å²) < 4.78 is 27.8. The summed E-state index contributed by atoms with van der Waals surface area (Å²) in [7, 11) is 0. The van der Waals surface area contributed by atoms with E-state index in [1.807, 2.05) is 12.1 Å². The van der Waals surface area contributed by atoms with Crippen LogP contribution in [0.25, 0.3) is 0 Å². The number of nitrogens with zero attached hydrogens (tertiary/aromatic N) is 1. The maximum Gasteiger partial charge on any atom is 0.325 e. The lowest BCUT2D eigenvalue weighted by molar-refractivity contribution is -0.133. The summed E-state index contributed by atoms with van der Waals surface area (Å²) in [6.07, 6.45) is 3.10. The van der Waals surface area contributed by atoms with Crippen molar-refractivity contribution in [1.82, 2.24) is 10.2 Å². The summed E-state index contributed by atoms with van der Waals surface area (Å²) in [5.41, 5.74) is -0.417. The van der Waals surface area contributed by atoms with Gasteiger partial charge in [0.1, 0.15) is 23.7 Å². The van der Waals surface area contributed by atoms with Gasteiger partial charge in [0, 0.05) is 11.3 Å².